The number of hydrogen-bond donors (Lipinski definition) is 1. The Labute approximate surface area is 116 Å². The zero-order valence-corrected chi connectivity index (χ0v) is 12.3. The van der Waals surface area contributed by atoms with E-state index in [-0.39, 0.29) is 0 Å². The average molecular weight is 263 g/mol. The summed E-state index contributed by atoms with van der Waals surface area (Å²) in [6.07, 6.45) is 3.83. The Morgan fingerprint density at radius 1 is 1.42 bits per heavy atom. The van der Waals surface area contributed by atoms with Crippen LogP contribution < -0.4 is 0 Å². The molecule has 106 valence electrons. The summed E-state index contributed by atoms with van der Waals surface area (Å²) in [4.78, 5) is 8.83. The first kappa shape index (κ1) is 14.4. The number of aromatic nitrogens is 1. The van der Waals surface area contributed by atoms with E-state index in [9.17, 15) is 5.11 Å². The normalized spacial score (nSPS) is 24.3. The molecule has 1 saturated heterocycles. The quantitative estimate of drug-likeness (QED) is 0.865. The van der Waals surface area contributed by atoms with Crippen molar-refractivity contribution in [2.24, 2.45) is 0 Å². The Morgan fingerprint density at radius 3 is 2.79 bits per heavy atom. The molecule has 0 aromatic carbocycles. The van der Waals surface area contributed by atoms with E-state index >= 15 is 0 Å². The number of likely N-dealkylation sites (N-methyl/N-ethyl adjacent to an activating group) is 1. The van der Waals surface area contributed by atoms with Crippen LogP contribution >= 0.6 is 0 Å². The number of hydrogen-bond acceptors (Lipinski definition) is 4. The molecule has 1 fully saturated rings. The third-order valence-corrected chi connectivity index (χ3v) is 3.70. The Kier molecular flexibility index (Phi) is 4.55. The largest absolute Gasteiger partial charge is 0.387 e. The average Bonchev–Trinajstić information content (AvgIpc) is 2.70. The van der Waals surface area contributed by atoms with Crippen molar-refractivity contribution in [1.29, 1.82) is 0 Å². The van der Waals surface area contributed by atoms with Crippen LogP contribution in [-0.4, -0.2) is 59.2 Å². The third-order valence-electron chi connectivity index (χ3n) is 3.70. The number of pyridine rings is 1. The van der Waals surface area contributed by atoms with Crippen LogP contribution in [0.3, 0.4) is 0 Å². The van der Waals surface area contributed by atoms with Crippen LogP contribution in [0.5, 0.6) is 0 Å². The fourth-order valence-corrected chi connectivity index (χ4v) is 2.78. The summed E-state index contributed by atoms with van der Waals surface area (Å²) in [7, 11) is 4.01. The lowest BCUT2D eigenvalue weighted by Crippen LogP contribution is -2.42. The molecule has 2 heterocycles. The molecule has 0 radical (unpaired) electrons. The van der Waals surface area contributed by atoms with Gasteiger partial charge >= 0.3 is 0 Å². The fraction of sp³-hybridized carbons (Fsp3) is 0.667. The molecule has 1 aromatic rings. The highest BCUT2D eigenvalue weighted by Crippen LogP contribution is 2.23. The van der Waals surface area contributed by atoms with Crippen LogP contribution in [0, 0.1) is 0 Å². The van der Waals surface area contributed by atoms with Gasteiger partial charge in [-0.15, -0.1) is 0 Å². The Morgan fingerprint density at radius 2 is 2.21 bits per heavy atom. The predicted molar refractivity (Wildman–Crippen MR) is 77.0 cm³/mol. The van der Waals surface area contributed by atoms with E-state index in [0.717, 1.165) is 44.7 Å². The zero-order valence-electron chi connectivity index (χ0n) is 12.3. The molecule has 4 heteroatoms. The first-order valence-corrected chi connectivity index (χ1v) is 7.04. The van der Waals surface area contributed by atoms with Gasteiger partial charge < -0.3 is 10.0 Å². The molecule has 0 bridgehead atoms. The van der Waals surface area contributed by atoms with Crippen molar-refractivity contribution < 1.29 is 5.11 Å². The highest BCUT2D eigenvalue weighted by molar-refractivity contribution is 5.14. The van der Waals surface area contributed by atoms with E-state index in [1.54, 1.807) is 0 Å². The van der Waals surface area contributed by atoms with Gasteiger partial charge in [0.05, 0.1) is 11.3 Å². The minimum absolute atomic E-state index is 0.563. The molecule has 1 N–H and O–H groups in total. The number of rotatable bonds is 5. The van der Waals surface area contributed by atoms with Gasteiger partial charge in [0.2, 0.25) is 0 Å². The molecule has 0 saturated carbocycles. The second-order valence-corrected chi connectivity index (χ2v) is 5.93. The van der Waals surface area contributed by atoms with Gasteiger partial charge in [-0.25, -0.2) is 0 Å². The predicted octanol–water partition coefficient (Wildman–Crippen LogP) is 1.14. The number of likely N-dealkylation sites (tertiary alicyclic amines) is 1. The summed E-state index contributed by atoms with van der Waals surface area (Å²) < 4.78 is 0. The van der Waals surface area contributed by atoms with E-state index in [1.807, 2.05) is 20.3 Å². The Balaban J connectivity index is 1.90. The van der Waals surface area contributed by atoms with Crippen LogP contribution in [0.2, 0.25) is 0 Å². The highest BCUT2D eigenvalue weighted by atomic mass is 16.3. The van der Waals surface area contributed by atoms with E-state index in [2.05, 4.69) is 33.8 Å². The van der Waals surface area contributed by atoms with Crippen LogP contribution in [0.15, 0.2) is 18.3 Å². The summed E-state index contributed by atoms with van der Waals surface area (Å²) >= 11 is 0. The number of nitrogens with zero attached hydrogens (tertiary/aromatic N) is 3. The standard InChI is InChI=1S/C15H25N3O/c1-4-13-5-6-14(16-9-13)10-18-8-7-15(19,12-18)11-17(2)3/h5-6,9,19H,4,7-8,10-12H2,1-3H3/t15-/m1/s1. The van der Waals surface area contributed by atoms with Crippen molar-refractivity contribution in [1.82, 2.24) is 14.8 Å². The highest BCUT2D eigenvalue weighted by Gasteiger charge is 2.36. The molecule has 0 aliphatic carbocycles. The molecule has 0 unspecified atom stereocenters. The van der Waals surface area contributed by atoms with Crippen molar-refractivity contribution >= 4 is 0 Å². The summed E-state index contributed by atoms with van der Waals surface area (Å²) in [5.41, 5.74) is 1.80. The van der Waals surface area contributed by atoms with Gasteiger partial charge in [-0.2, -0.15) is 0 Å². The minimum atomic E-state index is -0.563. The molecule has 2 rings (SSSR count). The summed E-state index contributed by atoms with van der Waals surface area (Å²) in [6.45, 7) is 5.38. The lowest BCUT2D eigenvalue weighted by molar-refractivity contribution is 0.0239. The van der Waals surface area contributed by atoms with Crippen LogP contribution in [0.1, 0.15) is 24.6 Å². The SMILES string of the molecule is CCc1ccc(CN2CC[C@@](O)(CN(C)C)C2)nc1. The summed E-state index contributed by atoms with van der Waals surface area (Å²) in [6, 6.07) is 4.24. The second kappa shape index (κ2) is 5.99. The van der Waals surface area contributed by atoms with Crippen molar-refractivity contribution in [3.8, 4) is 0 Å². The van der Waals surface area contributed by atoms with Gasteiger partial charge in [-0.3, -0.25) is 9.88 Å². The van der Waals surface area contributed by atoms with Gasteiger partial charge in [0, 0.05) is 32.4 Å². The second-order valence-electron chi connectivity index (χ2n) is 5.93. The number of aryl methyl sites for hydroxylation is 1. The zero-order chi connectivity index (χ0) is 13.9. The molecule has 0 spiro atoms. The van der Waals surface area contributed by atoms with E-state index in [4.69, 9.17) is 0 Å². The van der Waals surface area contributed by atoms with Crippen molar-refractivity contribution in [3.63, 3.8) is 0 Å². The molecular weight excluding hydrogens is 238 g/mol. The maximum atomic E-state index is 10.5. The maximum absolute atomic E-state index is 10.5. The topological polar surface area (TPSA) is 39.6 Å². The van der Waals surface area contributed by atoms with Gasteiger partial charge in [0.25, 0.3) is 0 Å². The van der Waals surface area contributed by atoms with E-state index in [0.29, 0.717) is 0 Å². The minimum Gasteiger partial charge on any atom is -0.387 e. The Bertz CT molecular complexity index is 404. The van der Waals surface area contributed by atoms with Gasteiger partial charge in [-0.05, 0) is 38.6 Å². The van der Waals surface area contributed by atoms with E-state index in [1.165, 1.54) is 5.56 Å². The molecule has 1 aliphatic rings. The van der Waals surface area contributed by atoms with Crippen molar-refractivity contribution in [3.05, 3.63) is 29.6 Å². The van der Waals surface area contributed by atoms with Gasteiger partial charge in [-0.1, -0.05) is 13.0 Å². The fourth-order valence-electron chi connectivity index (χ4n) is 2.78. The molecule has 19 heavy (non-hydrogen) atoms. The van der Waals surface area contributed by atoms with Crippen LogP contribution in [-0.2, 0) is 13.0 Å². The summed E-state index contributed by atoms with van der Waals surface area (Å²) in [5, 5.41) is 10.5. The molecule has 1 aliphatic heterocycles. The number of β-amino-alcohol motifs (C(OH)–C–C–N with tert-alkyl or cyclic N) is 1. The Hall–Kier alpha value is -0.970. The third kappa shape index (κ3) is 4.00. The van der Waals surface area contributed by atoms with Crippen molar-refractivity contribution in [2.75, 3.05) is 33.7 Å². The monoisotopic (exact) mass is 263 g/mol. The first-order chi connectivity index (χ1) is 9.00. The molecule has 4 nitrogen and oxygen atoms in total. The first-order valence-electron chi connectivity index (χ1n) is 7.04. The summed E-state index contributed by atoms with van der Waals surface area (Å²) in [5.74, 6) is 0. The molecule has 1 atom stereocenters. The lowest BCUT2D eigenvalue weighted by atomic mass is 10.0. The van der Waals surface area contributed by atoms with Crippen molar-refractivity contribution in [2.45, 2.75) is 31.9 Å². The van der Waals surface area contributed by atoms with Crippen LogP contribution in [0.25, 0.3) is 0 Å². The number of aliphatic hydroxyl groups is 1. The molecule has 1 aromatic heterocycles. The van der Waals surface area contributed by atoms with Gasteiger partial charge in [0.1, 0.15) is 0 Å². The molecular formula is C15H25N3O. The smallest absolute Gasteiger partial charge is 0.0912 e. The maximum Gasteiger partial charge on any atom is 0.0912 e. The van der Waals surface area contributed by atoms with Gasteiger partial charge in [0.15, 0.2) is 0 Å². The van der Waals surface area contributed by atoms with Crippen LogP contribution in [0.4, 0.5) is 0 Å². The lowest BCUT2D eigenvalue weighted by Gasteiger charge is -2.26. The van der Waals surface area contributed by atoms with E-state index < -0.39 is 5.60 Å². The molecule has 0 amide bonds.